The summed E-state index contributed by atoms with van der Waals surface area (Å²) in [5.41, 5.74) is 0.655. The summed E-state index contributed by atoms with van der Waals surface area (Å²) in [5, 5.41) is 0. The van der Waals surface area contributed by atoms with Gasteiger partial charge in [0.15, 0.2) is 0 Å². The van der Waals surface area contributed by atoms with Crippen molar-refractivity contribution in [2.75, 3.05) is 13.1 Å². The van der Waals surface area contributed by atoms with Gasteiger partial charge in [-0.15, -0.1) is 12.4 Å². The van der Waals surface area contributed by atoms with E-state index in [1.54, 1.807) is 6.92 Å². The molecule has 0 aliphatic carbocycles. The van der Waals surface area contributed by atoms with Crippen LogP contribution in [0.1, 0.15) is 19.8 Å². The Morgan fingerprint density at radius 2 is 1.82 bits per heavy atom. The maximum atomic E-state index is 11.2. The van der Waals surface area contributed by atoms with Gasteiger partial charge in [0.25, 0.3) is 0 Å². The maximum absolute atomic E-state index is 11.2. The Hall–Kier alpha value is -0.500. The Morgan fingerprint density at radius 3 is 2.18 bits per heavy atom. The van der Waals surface area contributed by atoms with Gasteiger partial charge in [0.2, 0.25) is 5.91 Å². The molecule has 1 aliphatic rings. The monoisotopic (exact) mass is 175 g/mol. The first-order valence-electron chi connectivity index (χ1n) is 3.66. The van der Waals surface area contributed by atoms with E-state index in [2.05, 4.69) is 6.58 Å². The molecule has 0 spiro atoms. The Bertz CT molecular complexity index is 161. The van der Waals surface area contributed by atoms with E-state index in [0.29, 0.717) is 5.57 Å². The highest BCUT2D eigenvalue weighted by atomic mass is 35.5. The highest BCUT2D eigenvalue weighted by Crippen LogP contribution is 2.09. The van der Waals surface area contributed by atoms with E-state index in [4.69, 9.17) is 0 Å². The molecule has 1 aliphatic heterocycles. The van der Waals surface area contributed by atoms with Gasteiger partial charge in [-0.25, -0.2) is 0 Å². The molecule has 0 radical (unpaired) electrons. The molecule has 0 N–H and O–H groups in total. The van der Waals surface area contributed by atoms with Crippen LogP contribution in [0.3, 0.4) is 0 Å². The number of amides is 1. The van der Waals surface area contributed by atoms with Gasteiger partial charge < -0.3 is 4.90 Å². The summed E-state index contributed by atoms with van der Waals surface area (Å²) < 4.78 is 0. The molecule has 0 atom stereocenters. The second-order valence-corrected chi connectivity index (χ2v) is 2.78. The van der Waals surface area contributed by atoms with Crippen LogP contribution in [-0.4, -0.2) is 23.9 Å². The topological polar surface area (TPSA) is 20.3 Å². The fourth-order valence-electron chi connectivity index (χ4n) is 1.19. The largest absolute Gasteiger partial charge is 0.339 e. The molecule has 0 aromatic heterocycles. The molecule has 1 fully saturated rings. The summed E-state index contributed by atoms with van der Waals surface area (Å²) in [5.74, 6) is 0.123. The van der Waals surface area contributed by atoms with Crippen molar-refractivity contribution in [2.45, 2.75) is 19.8 Å². The normalized spacial score (nSPS) is 15.9. The molecule has 1 saturated heterocycles. The van der Waals surface area contributed by atoms with Crippen LogP contribution < -0.4 is 0 Å². The van der Waals surface area contributed by atoms with Crippen LogP contribution in [0.5, 0.6) is 0 Å². The quantitative estimate of drug-likeness (QED) is 0.555. The SMILES string of the molecule is C=C(C)C(=O)N1CCCC1.Cl. The van der Waals surface area contributed by atoms with E-state index >= 15 is 0 Å². The molecule has 0 aromatic carbocycles. The van der Waals surface area contributed by atoms with Crippen molar-refractivity contribution in [3.05, 3.63) is 12.2 Å². The van der Waals surface area contributed by atoms with Gasteiger partial charge in [-0.3, -0.25) is 4.79 Å². The van der Waals surface area contributed by atoms with Gasteiger partial charge in [-0.1, -0.05) is 6.58 Å². The number of carbonyl (C=O) groups excluding carboxylic acids is 1. The molecular formula is C8H14ClNO. The molecule has 0 unspecified atom stereocenters. The predicted molar refractivity (Wildman–Crippen MR) is 47.9 cm³/mol. The van der Waals surface area contributed by atoms with Gasteiger partial charge in [-0.2, -0.15) is 0 Å². The molecular weight excluding hydrogens is 162 g/mol. The number of likely N-dealkylation sites (tertiary alicyclic amines) is 1. The third kappa shape index (κ3) is 2.54. The molecule has 3 heteroatoms. The first kappa shape index (κ1) is 10.5. The van der Waals surface area contributed by atoms with Crippen molar-refractivity contribution < 1.29 is 4.79 Å². The number of halogens is 1. The summed E-state index contributed by atoms with van der Waals surface area (Å²) in [6.07, 6.45) is 2.30. The van der Waals surface area contributed by atoms with Crippen LogP contribution in [0.15, 0.2) is 12.2 Å². The van der Waals surface area contributed by atoms with E-state index in [9.17, 15) is 4.79 Å². The van der Waals surface area contributed by atoms with Crippen LogP contribution in [0, 0.1) is 0 Å². The lowest BCUT2D eigenvalue weighted by molar-refractivity contribution is -0.126. The molecule has 2 nitrogen and oxygen atoms in total. The fourth-order valence-corrected chi connectivity index (χ4v) is 1.19. The summed E-state index contributed by atoms with van der Waals surface area (Å²) in [4.78, 5) is 13.0. The zero-order chi connectivity index (χ0) is 7.56. The molecule has 0 bridgehead atoms. The lowest BCUT2D eigenvalue weighted by Gasteiger charge is -2.14. The van der Waals surface area contributed by atoms with Crippen molar-refractivity contribution in [3.63, 3.8) is 0 Å². The number of nitrogens with zero attached hydrogens (tertiary/aromatic N) is 1. The van der Waals surface area contributed by atoms with Crippen molar-refractivity contribution >= 4 is 18.3 Å². The molecule has 1 amide bonds. The third-order valence-electron chi connectivity index (χ3n) is 1.76. The minimum atomic E-state index is 0. The van der Waals surface area contributed by atoms with E-state index in [0.717, 1.165) is 25.9 Å². The first-order valence-corrected chi connectivity index (χ1v) is 3.66. The van der Waals surface area contributed by atoms with Gasteiger partial charge >= 0.3 is 0 Å². The lowest BCUT2D eigenvalue weighted by Crippen LogP contribution is -2.27. The van der Waals surface area contributed by atoms with Crippen molar-refractivity contribution in [2.24, 2.45) is 0 Å². The lowest BCUT2D eigenvalue weighted by atomic mass is 10.3. The molecule has 11 heavy (non-hydrogen) atoms. The first-order chi connectivity index (χ1) is 4.72. The van der Waals surface area contributed by atoms with Crippen LogP contribution >= 0.6 is 12.4 Å². The Kier molecular flexibility index (Phi) is 4.19. The summed E-state index contributed by atoms with van der Waals surface area (Å²) in [7, 11) is 0. The number of hydrogen-bond donors (Lipinski definition) is 0. The van der Waals surface area contributed by atoms with Crippen molar-refractivity contribution in [3.8, 4) is 0 Å². The highest BCUT2D eigenvalue weighted by Gasteiger charge is 2.17. The minimum absolute atomic E-state index is 0. The molecule has 0 aromatic rings. The third-order valence-corrected chi connectivity index (χ3v) is 1.76. The zero-order valence-electron chi connectivity index (χ0n) is 6.80. The summed E-state index contributed by atoms with van der Waals surface area (Å²) in [6.45, 7) is 7.22. The second-order valence-electron chi connectivity index (χ2n) is 2.78. The van der Waals surface area contributed by atoms with Gasteiger partial charge in [0, 0.05) is 18.7 Å². The molecule has 1 rings (SSSR count). The summed E-state index contributed by atoms with van der Waals surface area (Å²) in [6, 6.07) is 0. The van der Waals surface area contributed by atoms with E-state index in [1.807, 2.05) is 4.90 Å². The summed E-state index contributed by atoms with van der Waals surface area (Å²) >= 11 is 0. The van der Waals surface area contributed by atoms with Crippen LogP contribution in [0.4, 0.5) is 0 Å². The van der Waals surface area contributed by atoms with E-state index in [1.165, 1.54) is 0 Å². The van der Waals surface area contributed by atoms with E-state index < -0.39 is 0 Å². The maximum Gasteiger partial charge on any atom is 0.248 e. The number of rotatable bonds is 1. The van der Waals surface area contributed by atoms with Gasteiger partial charge in [0.05, 0.1) is 0 Å². The van der Waals surface area contributed by atoms with Crippen molar-refractivity contribution in [1.29, 1.82) is 0 Å². The minimum Gasteiger partial charge on any atom is -0.339 e. The molecule has 64 valence electrons. The Labute approximate surface area is 73.7 Å². The number of hydrogen-bond acceptors (Lipinski definition) is 1. The highest BCUT2D eigenvalue weighted by molar-refractivity contribution is 5.92. The average molecular weight is 176 g/mol. The van der Waals surface area contributed by atoms with Gasteiger partial charge in [-0.05, 0) is 19.8 Å². The standard InChI is InChI=1S/C8H13NO.ClH/c1-7(2)8(10)9-5-3-4-6-9;/h1,3-6H2,2H3;1H. The van der Waals surface area contributed by atoms with Crippen LogP contribution in [0.2, 0.25) is 0 Å². The Morgan fingerprint density at radius 1 is 1.36 bits per heavy atom. The molecule has 0 saturated carbocycles. The average Bonchev–Trinajstić information content (AvgIpc) is 2.36. The fraction of sp³-hybridized carbons (Fsp3) is 0.625. The number of carbonyl (C=O) groups is 1. The van der Waals surface area contributed by atoms with E-state index in [-0.39, 0.29) is 18.3 Å². The smallest absolute Gasteiger partial charge is 0.248 e. The molecule has 1 heterocycles. The predicted octanol–water partition coefficient (Wildman–Crippen LogP) is 1.61. The van der Waals surface area contributed by atoms with Crippen LogP contribution in [-0.2, 0) is 4.79 Å². The van der Waals surface area contributed by atoms with Gasteiger partial charge in [0.1, 0.15) is 0 Å². The second kappa shape index (κ2) is 4.39. The Balaban J connectivity index is 0.000001000. The van der Waals surface area contributed by atoms with Crippen LogP contribution in [0.25, 0.3) is 0 Å². The van der Waals surface area contributed by atoms with Crippen molar-refractivity contribution in [1.82, 2.24) is 4.90 Å². The zero-order valence-corrected chi connectivity index (χ0v) is 7.62.